The van der Waals surface area contributed by atoms with E-state index in [9.17, 15) is 4.79 Å². The number of thioether (sulfide) groups is 1. The number of nitrogens with two attached hydrogens (primary N) is 1. The Kier molecular flexibility index (Phi) is 2.29. The van der Waals surface area contributed by atoms with E-state index in [2.05, 4.69) is 4.98 Å². The summed E-state index contributed by atoms with van der Waals surface area (Å²) in [5.74, 6) is 0. The summed E-state index contributed by atoms with van der Waals surface area (Å²) in [6, 6.07) is 0. The highest BCUT2D eigenvalue weighted by Gasteiger charge is 2.01. The van der Waals surface area contributed by atoms with Crippen molar-refractivity contribution in [3.05, 3.63) is 10.4 Å². The molecule has 10 heavy (non-hydrogen) atoms. The van der Waals surface area contributed by atoms with E-state index in [0.29, 0.717) is 5.03 Å². The quantitative estimate of drug-likeness (QED) is 0.658. The molecule has 1 aromatic rings. The lowest BCUT2D eigenvalue weighted by Gasteiger charge is -1.85. The predicted molar refractivity (Wildman–Crippen MR) is 42.3 cm³/mol. The van der Waals surface area contributed by atoms with Crippen LogP contribution in [0.1, 0.15) is 5.01 Å². The molecule has 0 spiro atoms. The van der Waals surface area contributed by atoms with Gasteiger partial charge in [0, 0.05) is 5.38 Å². The lowest BCUT2D eigenvalue weighted by molar-refractivity contribution is 0.267. The first-order chi connectivity index (χ1) is 4.68. The fourth-order valence-electron chi connectivity index (χ4n) is 0.494. The molecule has 0 saturated heterocycles. The zero-order valence-electron chi connectivity index (χ0n) is 5.33. The van der Waals surface area contributed by atoms with Crippen molar-refractivity contribution in [2.75, 3.05) is 0 Å². The molecule has 54 valence electrons. The van der Waals surface area contributed by atoms with E-state index in [4.69, 9.17) is 5.73 Å². The molecule has 0 aliphatic heterocycles. The van der Waals surface area contributed by atoms with Crippen molar-refractivity contribution in [1.82, 2.24) is 4.98 Å². The van der Waals surface area contributed by atoms with E-state index in [1.165, 1.54) is 11.3 Å². The molecule has 5 heteroatoms. The maximum atomic E-state index is 10.3. The lowest BCUT2D eigenvalue weighted by atomic mass is 10.8. The Labute approximate surface area is 66.6 Å². The second-order valence-electron chi connectivity index (χ2n) is 1.63. The summed E-state index contributed by atoms with van der Waals surface area (Å²) >= 11 is 2.46. The van der Waals surface area contributed by atoms with Crippen molar-refractivity contribution in [3.8, 4) is 0 Å². The first-order valence-corrected chi connectivity index (χ1v) is 4.27. The van der Waals surface area contributed by atoms with Gasteiger partial charge in [-0.3, -0.25) is 4.79 Å². The van der Waals surface area contributed by atoms with Crippen molar-refractivity contribution in [2.45, 2.75) is 11.9 Å². The maximum Gasteiger partial charge on any atom is 0.282 e. The zero-order chi connectivity index (χ0) is 7.56. The minimum atomic E-state index is -0.412. The van der Waals surface area contributed by atoms with Gasteiger partial charge in [-0.25, -0.2) is 4.98 Å². The molecule has 0 radical (unpaired) electrons. The molecular weight excluding hydrogens is 168 g/mol. The van der Waals surface area contributed by atoms with E-state index < -0.39 is 5.24 Å². The van der Waals surface area contributed by atoms with Gasteiger partial charge in [0.15, 0.2) is 0 Å². The number of aromatic nitrogens is 1. The van der Waals surface area contributed by atoms with Crippen LogP contribution in [0.5, 0.6) is 0 Å². The molecule has 0 fully saturated rings. The van der Waals surface area contributed by atoms with Crippen LogP contribution in [0.3, 0.4) is 0 Å². The molecule has 0 bridgehead atoms. The zero-order valence-corrected chi connectivity index (χ0v) is 6.96. The Morgan fingerprint density at radius 2 is 2.60 bits per heavy atom. The Morgan fingerprint density at radius 1 is 1.90 bits per heavy atom. The molecule has 0 aliphatic carbocycles. The van der Waals surface area contributed by atoms with Crippen LogP contribution in [0.4, 0.5) is 4.79 Å². The van der Waals surface area contributed by atoms with Crippen molar-refractivity contribution in [2.24, 2.45) is 5.73 Å². The van der Waals surface area contributed by atoms with Crippen molar-refractivity contribution >= 4 is 28.3 Å². The SMILES string of the molecule is Cc1nc(SC(N)=O)cs1. The molecule has 0 atom stereocenters. The largest absolute Gasteiger partial charge is 0.360 e. The fourth-order valence-corrected chi connectivity index (χ4v) is 1.75. The number of amides is 1. The van der Waals surface area contributed by atoms with E-state index in [1.807, 2.05) is 12.3 Å². The van der Waals surface area contributed by atoms with Gasteiger partial charge in [-0.2, -0.15) is 0 Å². The monoisotopic (exact) mass is 174 g/mol. The summed E-state index contributed by atoms with van der Waals surface area (Å²) in [5, 5.41) is 3.04. The molecule has 0 aromatic carbocycles. The number of carbonyl (C=O) groups is 1. The van der Waals surface area contributed by atoms with Gasteiger partial charge in [0.05, 0.1) is 5.01 Å². The Hall–Kier alpha value is -0.550. The smallest absolute Gasteiger partial charge is 0.282 e. The molecule has 0 saturated carbocycles. The molecule has 1 aromatic heterocycles. The third-order valence-corrected chi connectivity index (χ3v) is 2.35. The Balaban J connectivity index is 2.67. The summed E-state index contributed by atoms with van der Waals surface area (Å²) < 4.78 is 0. The normalized spacial score (nSPS) is 9.70. The molecule has 1 rings (SSSR count). The summed E-state index contributed by atoms with van der Waals surface area (Å²) in [6.07, 6.45) is 0. The minimum absolute atomic E-state index is 0.412. The number of primary amides is 1. The lowest BCUT2D eigenvalue weighted by Crippen LogP contribution is -2.01. The summed E-state index contributed by atoms with van der Waals surface area (Å²) in [4.78, 5) is 14.4. The summed E-state index contributed by atoms with van der Waals surface area (Å²) in [7, 11) is 0. The van der Waals surface area contributed by atoms with E-state index in [0.717, 1.165) is 16.8 Å². The number of hydrogen-bond acceptors (Lipinski definition) is 4. The first-order valence-electron chi connectivity index (χ1n) is 2.58. The molecule has 1 heterocycles. The predicted octanol–water partition coefficient (Wildman–Crippen LogP) is 1.62. The van der Waals surface area contributed by atoms with E-state index in [1.54, 1.807) is 0 Å². The van der Waals surface area contributed by atoms with Crippen LogP contribution >= 0.6 is 23.1 Å². The highest BCUT2D eigenvalue weighted by atomic mass is 32.2. The molecule has 0 unspecified atom stereocenters. The Morgan fingerprint density at radius 3 is 3.00 bits per heavy atom. The van der Waals surface area contributed by atoms with Crippen molar-refractivity contribution in [3.63, 3.8) is 0 Å². The van der Waals surface area contributed by atoms with Gasteiger partial charge < -0.3 is 5.73 Å². The van der Waals surface area contributed by atoms with Gasteiger partial charge >= 0.3 is 0 Å². The van der Waals surface area contributed by atoms with Gasteiger partial charge in [0.1, 0.15) is 5.03 Å². The second kappa shape index (κ2) is 3.03. The third kappa shape index (κ3) is 2.00. The van der Waals surface area contributed by atoms with E-state index >= 15 is 0 Å². The van der Waals surface area contributed by atoms with Gasteiger partial charge in [-0.05, 0) is 18.7 Å². The van der Waals surface area contributed by atoms with Crippen LogP contribution in [0.25, 0.3) is 0 Å². The molecule has 2 N–H and O–H groups in total. The number of rotatable bonds is 1. The molecule has 3 nitrogen and oxygen atoms in total. The summed E-state index contributed by atoms with van der Waals surface area (Å²) in [5.41, 5.74) is 4.92. The van der Waals surface area contributed by atoms with Crippen LogP contribution in [0.15, 0.2) is 10.4 Å². The number of aryl methyl sites for hydroxylation is 1. The van der Waals surface area contributed by atoms with Crippen LogP contribution in [-0.2, 0) is 0 Å². The molecule has 0 aliphatic rings. The van der Waals surface area contributed by atoms with E-state index in [-0.39, 0.29) is 0 Å². The average Bonchev–Trinajstić information content (AvgIpc) is 2.13. The maximum absolute atomic E-state index is 10.3. The van der Waals surface area contributed by atoms with Crippen LogP contribution < -0.4 is 5.73 Å². The molecular formula is C5H6N2OS2. The number of nitrogens with zero attached hydrogens (tertiary/aromatic N) is 1. The van der Waals surface area contributed by atoms with Gasteiger partial charge in [0.2, 0.25) is 0 Å². The third-order valence-electron chi connectivity index (χ3n) is 0.803. The topological polar surface area (TPSA) is 56.0 Å². The highest BCUT2D eigenvalue weighted by molar-refractivity contribution is 8.13. The van der Waals surface area contributed by atoms with Gasteiger partial charge in [-0.15, -0.1) is 11.3 Å². The van der Waals surface area contributed by atoms with Gasteiger partial charge in [0.25, 0.3) is 5.24 Å². The fraction of sp³-hybridized carbons (Fsp3) is 0.200. The second-order valence-corrected chi connectivity index (χ2v) is 3.71. The van der Waals surface area contributed by atoms with Crippen LogP contribution in [0.2, 0.25) is 0 Å². The average molecular weight is 174 g/mol. The first kappa shape index (κ1) is 7.56. The number of thiazole rings is 1. The van der Waals surface area contributed by atoms with Crippen LogP contribution in [-0.4, -0.2) is 10.2 Å². The minimum Gasteiger partial charge on any atom is -0.360 e. The number of carbonyl (C=O) groups excluding carboxylic acids is 1. The van der Waals surface area contributed by atoms with Crippen molar-refractivity contribution in [1.29, 1.82) is 0 Å². The highest BCUT2D eigenvalue weighted by Crippen LogP contribution is 2.19. The Bertz CT molecular complexity index is 246. The summed E-state index contributed by atoms with van der Waals surface area (Å²) in [6.45, 7) is 1.88. The van der Waals surface area contributed by atoms with Crippen LogP contribution in [0, 0.1) is 6.92 Å². The molecule has 1 amide bonds. The standard InChI is InChI=1S/C5H6N2OS2/c1-3-7-4(2-9-3)10-5(6)8/h2H,1H3,(H2,6,8). The van der Waals surface area contributed by atoms with Crippen molar-refractivity contribution < 1.29 is 4.79 Å². The number of hydrogen-bond donors (Lipinski definition) is 1. The van der Waals surface area contributed by atoms with Gasteiger partial charge in [-0.1, -0.05) is 0 Å².